The molecule has 22 heavy (non-hydrogen) atoms. The Balaban J connectivity index is 1.86. The fourth-order valence-corrected chi connectivity index (χ4v) is 3.63. The van der Waals surface area contributed by atoms with Gasteiger partial charge in [-0.3, -0.25) is 4.72 Å². The van der Waals surface area contributed by atoms with Crippen molar-refractivity contribution in [3.8, 4) is 0 Å². The van der Waals surface area contributed by atoms with Crippen molar-refractivity contribution >= 4 is 38.3 Å². The molecule has 0 unspecified atom stereocenters. The molecule has 3 rings (SSSR count). The number of aromatic amines is 2. The minimum Gasteiger partial charge on any atom is -0.306 e. The summed E-state index contributed by atoms with van der Waals surface area (Å²) in [5, 5.41) is 0.401. The second-order valence-corrected chi connectivity index (χ2v) is 6.92. The van der Waals surface area contributed by atoms with Crippen LogP contribution < -0.4 is 10.4 Å². The van der Waals surface area contributed by atoms with Gasteiger partial charge in [-0.25, -0.2) is 13.2 Å². The average molecular weight is 338 g/mol. The van der Waals surface area contributed by atoms with Crippen LogP contribution in [0.4, 0.5) is 5.69 Å². The maximum Gasteiger partial charge on any atom is 0.323 e. The Hall–Kier alpha value is -2.25. The molecule has 3 N–H and O–H groups in total. The lowest BCUT2D eigenvalue weighted by atomic mass is 10.2. The number of rotatable bonds is 4. The number of halogens is 1. The summed E-state index contributed by atoms with van der Waals surface area (Å²) in [6, 6.07) is 11.5. The van der Waals surface area contributed by atoms with E-state index >= 15 is 0 Å². The van der Waals surface area contributed by atoms with E-state index in [1.54, 1.807) is 42.5 Å². The van der Waals surface area contributed by atoms with Crippen molar-refractivity contribution in [2.75, 3.05) is 4.72 Å². The number of nitrogens with one attached hydrogen (secondary N) is 3. The highest BCUT2D eigenvalue weighted by atomic mass is 35.5. The molecule has 0 saturated carbocycles. The molecule has 6 nitrogen and oxygen atoms in total. The zero-order chi connectivity index (χ0) is 15.7. The monoisotopic (exact) mass is 337 g/mol. The van der Waals surface area contributed by atoms with Crippen molar-refractivity contribution in [3.05, 3.63) is 63.5 Å². The lowest BCUT2D eigenvalue weighted by Gasteiger charge is -2.09. The van der Waals surface area contributed by atoms with Gasteiger partial charge in [-0.15, -0.1) is 0 Å². The fourth-order valence-electron chi connectivity index (χ4n) is 2.13. The van der Waals surface area contributed by atoms with Gasteiger partial charge in [-0.05, 0) is 29.8 Å². The van der Waals surface area contributed by atoms with Crippen LogP contribution >= 0.6 is 11.6 Å². The summed E-state index contributed by atoms with van der Waals surface area (Å²) in [5.74, 6) is -0.228. The smallest absolute Gasteiger partial charge is 0.306 e. The molecule has 3 aromatic rings. The molecule has 0 fully saturated rings. The van der Waals surface area contributed by atoms with Gasteiger partial charge in [0.15, 0.2) is 0 Å². The molecular formula is C14H12ClN3O3S. The zero-order valence-electron chi connectivity index (χ0n) is 11.3. The van der Waals surface area contributed by atoms with Gasteiger partial charge >= 0.3 is 5.69 Å². The lowest BCUT2D eigenvalue weighted by Crippen LogP contribution is -2.15. The predicted octanol–water partition coefficient (Wildman–Crippen LogP) is 2.45. The molecule has 0 aliphatic heterocycles. The van der Waals surface area contributed by atoms with Gasteiger partial charge in [-0.1, -0.05) is 29.8 Å². The Labute approximate surface area is 131 Å². The molecule has 0 radical (unpaired) electrons. The van der Waals surface area contributed by atoms with E-state index in [9.17, 15) is 13.2 Å². The summed E-state index contributed by atoms with van der Waals surface area (Å²) in [6.45, 7) is 0. The van der Waals surface area contributed by atoms with Crippen molar-refractivity contribution in [2.45, 2.75) is 5.75 Å². The van der Waals surface area contributed by atoms with Gasteiger partial charge < -0.3 is 9.97 Å². The maximum atomic E-state index is 12.2. The van der Waals surface area contributed by atoms with Crippen LogP contribution in [0.15, 0.2) is 47.3 Å². The van der Waals surface area contributed by atoms with Crippen LogP contribution in [0, 0.1) is 0 Å². The van der Waals surface area contributed by atoms with Crippen LogP contribution in [0.3, 0.4) is 0 Å². The van der Waals surface area contributed by atoms with E-state index in [4.69, 9.17) is 11.6 Å². The van der Waals surface area contributed by atoms with Gasteiger partial charge in [0, 0.05) is 5.02 Å². The number of H-pyrrole nitrogens is 2. The standard InChI is InChI=1S/C14H12ClN3O3S/c15-11-4-2-1-3-9(11)8-22(20,21)18-10-5-6-12-13(7-10)17-14(19)16-12/h1-7,18H,8H2,(H2,16,17,19). The quantitative estimate of drug-likeness (QED) is 0.682. The Kier molecular flexibility index (Phi) is 3.67. The average Bonchev–Trinajstić information content (AvgIpc) is 2.80. The molecule has 2 aromatic carbocycles. The predicted molar refractivity (Wildman–Crippen MR) is 86.6 cm³/mol. The van der Waals surface area contributed by atoms with E-state index in [1.807, 2.05) is 0 Å². The Bertz CT molecular complexity index is 992. The highest BCUT2D eigenvalue weighted by Crippen LogP contribution is 2.20. The van der Waals surface area contributed by atoms with E-state index in [2.05, 4.69) is 14.7 Å². The van der Waals surface area contributed by atoms with E-state index in [1.165, 1.54) is 0 Å². The van der Waals surface area contributed by atoms with Gasteiger partial charge in [0.25, 0.3) is 0 Å². The molecule has 0 aliphatic rings. The summed E-state index contributed by atoms with van der Waals surface area (Å²) >= 11 is 5.98. The molecule has 8 heteroatoms. The first-order valence-electron chi connectivity index (χ1n) is 6.39. The minimum atomic E-state index is -3.61. The van der Waals surface area contributed by atoms with Crippen LogP contribution in [0.2, 0.25) is 5.02 Å². The first-order chi connectivity index (χ1) is 10.4. The third-order valence-corrected chi connectivity index (χ3v) is 4.70. The second-order valence-electron chi connectivity index (χ2n) is 4.79. The molecule has 1 heterocycles. The van der Waals surface area contributed by atoms with Crippen LogP contribution in [0.25, 0.3) is 11.0 Å². The highest BCUT2D eigenvalue weighted by Gasteiger charge is 2.14. The number of imidazole rings is 1. The van der Waals surface area contributed by atoms with Crippen LogP contribution in [0.1, 0.15) is 5.56 Å². The number of benzene rings is 2. The summed E-state index contributed by atoms with van der Waals surface area (Å²) in [5.41, 5.74) is 1.69. The summed E-state index contributed by atoms with van der Waals surface area (Å²) < 4.78 is 26.9. The topological polar surface area (TPSA) is 94.8 Å². The molecule has 0 atom stereocenters. The van der Waals surface area contributed by atoms with Gasteiger partial charge in [0.1, 0.15) is 0 Å². The number of anilines is 1. The fraction of sp³-hybridized carbons (Fsp3) is 0.0714. The number of fused-ring (bicyclic) bond motifs is 1. The largest absolute Gasteiger partial charge is 0.323 e. The molecule has 0 aliphatic carbocycles. The molecule has 0 bridgehead atoms. The molecular weight excluding hydrogens is 326 g/mol. The van der Waals surface area contributed by atoms with E-state index in [0.717, 1.165) is 0 Å². The van der Waals surface area contributed by atoms with Crippen molar-refractivity contribution in [2.24, 2.45) is 0 Å². The van der Waals surface area contributed by atoms with Crippen LogP contribution in [0.5, 0.6) is 0 Å². The van der Waals surface area contributed by atoms with Gasteiger partial charge in [0.2, 0.25) is 10.0 Å². The van der Waals surface area contributed by atoms with E-state index < -0.39 is 10.0 Å². The van der Waals surface area contributed by atoms with Gasteiger partial charge in [-0.2, -0.15) is 0 Å². The van der Waals surface area contributed by atoms with Crippen molar-refractivity contribution in [1.29, 1.82) is 0 Å². The van der Waals surface area contributed by atoms with Crippen LogP contribution in [-0.2, 0) is 15.8 Å². The van der Waals surface area contributed by atoms with Crippen molar-refractivity contribution in [1.82, 2.24) is 9.97 Å². The Morgan fingerprint density at radius 3 is 2.55 bits per heavy atom. The maximum absolute atomic E-state index is 12.2. The van der Waals surface area contributed by atoms with Crippen molar-refractivity contribution in [3.63, 3.8) is 0 Å². The SMILES string of the molecule is O=c1[nH]c2ccc(NS(=O)(=O)Cc3ccccc3Cl)cc2[nH]1. The molecule has 0 spiro atoms. The van der Waals surface area contributed by atoms with E-state index in [0.29, 0.717) is 27.3 Å². The summed E-state index contributed by atoms with van der Waals surface area (Å²) in [7, 11) is -3.61. The Morgan fingerprint density at radius 1 is 1.05 bits per heavy atom. The third kappa shape index (κ3) is 3.15. The van der Waals surface area contributed by atoms with Gasteiger partial charge in [0.05, 0.1) is 22.5 Å². The lowest BCUT2D eigenvalue weighted by molar-refractivity contribution is 0.600. The second kappa shape index (κ2) is 5.51. The first-order valence-corrected chi connectivity index (χ1v) is 8.42. The summed E-state index contributed by atoms with van der Waals surface area (Å²) in [4.78, 5) is 16.4. The molecule has 1 aromatic heterocycles. The summed E-state index contributed by atoms with van der Waals surface area (Å²) in [6.07, 6.45) is 0. The highest BCUT2D eigenvalue weighted by molar-refractivity contribution is 7.91. The first kappa shape index (κ1) is 14.7. The normalized spacial score (nSPS) is 11.7. The number of hydrogen-bond donors (Lipinski definition) is 3. The molecule has 0 saturated heterocycles. The minimum absolute atomic E-state index is 0.228. The zero-order valence-corrected chi connectivity index (χ0v) is 12.8. The van der Waals surface area contributed by atoms with Crippen LogP contribution in [-0.4, -0.2) is 18.4 Å². The Morgan fingerprint density at radius 2 is 1.77 bits per heavy atom. The van der Waals surface area contributed by atoms with E-state index in [-0.39, 0.29) is 11.4 Å². The third-order valence-electron chi connectivity index (χ3n) is 3.09. The molecule has 0 amide bonds. The number of sulfonamides is 1. The molecule has 114 valence electrons. The number of aromatic nitrogens is 2. The number of hydrogen-bond acceptors (Lipinski definition) is 3. The van der Waals surface area contributed by atoms with Crippen molar-refractivity contribution < 1.29 is 8.42 Å².